The van der Waals surface area contributed by atoms with Crippen LogP contribution in [0.25, 0.3) is 0 Å². The van der Waals surface area contributed by atoms with Gasteiger partial charge in [-0.3, -0.25) is 28.8 Å². The van der Waals surface area contributed by atoms with Crippen molar-refractivity contribution in [2.45, 2.75) is 422 Å². The maximum Gasteiger partial charge on any atom is 0.329 e. The third-order valence-electron chi connectivity index (χ3n) is 32.2. The fourth-order valence-electron chi connectivity index (χ4n) is 22.3. The molecule has 0 radical (unpaired) electrons. The summed E-state index contributed by atoms with van der Waals surface area (Å²) in [4.78, 5) is 117. The number of carbonyl (C=O) groups is 8. The summed E-state index contributed by atoms with van der Waals surface area (Å²) in [6, 6.07) is -3.66. The number of cyclic esters (lactones) is 2. The number of rotatable bonds is 16. The van der Waals surface area contributed by atoms with Gasteiger partial charge in [-0.2, -0.15) is 0 Å². The summed E-state index contributed by atoms with van der Waals surface area (Å²) < 4.78 is 108. The Morgan fingerprint density at radius 1 is 0.414 bits per heavy atom. The highest BCUT2D eigenvalue weighted by atomic mass is 32.2. The number of hydrogen-bond donors (Lipinski definition) is 8. The van der Waals surface area contributed by atoms with E-state index in [4.69, 9.17) is 37.9 Å². The third kappa shape index (κ3) is 31.9. The number of Topliss-reactive ketones (excluding diaryl/α,β-unsaturated/α-hetero) is 4. The van der Waals surface area contributed by atoms with Crippen LogP contribution in [0.2, 0.25) is 0 Å². The van der Waals surface area contributed by atoms with Crippen molar-refractivity contribution in [1.29, 1.82) is 0 Å². The molecule has 10 aliphatic rings. The van der Waals surface area contributed by atoms with E-state index in [0.29, 0.717) is 176 Å². The van der Waals surface area contributed by atoms with E-state index in [-0.39, 0.29) is 110 Å². The fraction of sp³-hybridized carbons (Fsp3) is 0.778. The number of esters is 2. The lowest BCUT2D eigenvalue weighted by Gasteiger charge is -2.43. The molecule has 32 heteroatoms. The van der Waals surface area contributed by atoms with Gasteiger partial charge < -0.3 is 78.3 Å². The molecule has 4 aliphatic carbocycles. The number of nitrogens with zero attached hydrogens (tertiary/aromatic N) is 2. The van der Waals surface area contributed by atoms with Gasteiger partial charge in [0.2, 0.25) is 31.6 Å². The molecular weight excluding hydrogens is 1830 g/mol. The molecule has 0 spiro atoms. The smallest absolute Gasteiger partial charge is 0.329 e. The molecule has 8 fully saturated rings. The number of allylic oxidation sites excluding steroid dienone is 12. The summed E-state index contributed by atoms with van der Waals surface area (Å²) in [5.41, 5.74) is 2.53. The number of ketones is 4. The minimum Gasteiger partial charge on any atom is -0.461 e. The standard InChI is InChI=1S/2C54H86N2O13S/c2*1-33-16-11-10-12-17-35(3)43(55-70(64,65)42-18-15-19-42)32-41-24-22-39(7)54(63,69-41)51(60)52(61)56-27-14-13-20-44(56)53(62)68-46(36(4)30-40-23-25-45(57)47(31-40)66-8)26-21-34(2)29-38(6)49(59)50(67-9)48(58)37(5)28-33/h2*10-12,16-17,29,33-34,36-37,39-47,49-50,55,57,59,63H,13-15,18-28,30-32H2,1-9H3/b2*12-10+,16-11+,35-17+,38-29+/t33-,34+,36-,37-,39-,40+,41+,43+,44+,45-,46+,47-,49-,50+,54-;33-,34+,36-,37-,39-,40+,41+,43-,44+,45-,46+,47-,49-,50+,54-/m11/s1. The molecule has 0 unspecified atom stereocenters. The van der Waals surface area contributed by atoms with Gasteiger partial charge in [-0.1, -0.05) is 166 Å². The molecule has 30 atom stereocenters. The van der Waals surface area contributed by atoms with E-state index >= 15 is 0 Å². The summed E-state index contributed by atoms with van der Waals surface area (Å²) in [6.07, 6.45) is 30.3. The number of carbonyl (C=O) groups excluding carboxylic acids is 8. The van der Waals surface area contributed by atoms with Crippen LogP contribution >= 0.6 is 0 Å². The first kappa shape index (κ1) is 117. The van der Waals surface area contributed by atoms with Gasteiger partial charge in [0.25, 0.3) is 23.4 Å². The van der Waals surface area contributed by atoms with Gasteiger partial charge in [-0.05, 0) is 279 Å². The Bertz CT molecular complexity index is 4310. The zero-order chi connectivity index (χ0) is 103. The molecule has 0 aromatic heterocycles. The van der Waals surface area contributed by atoms with Crippen molar-refractivity contribution in [2.75, 3.05) is 41.5 Å². The first-order chi connectivity index (χ1) is 66.2. The second kappa shape index (κ2) is 54.5. The van der Waals surface area contributed by atoms with Crippen LogP contribution in [0.3, 0.4) is 0 Å². The molecule has 30 nitrogen and oxygen atoms in total. The van der Waals surface area contributed by atoms with Gasteiger partial charge in [0.05, 0.1) is 47.1 Å². The van der Waals surface area contributed by atoms with E-state index in [9.17, 15) is 85.8 Å². The summed E-state index contributed by atoms with van der Waals surface area (Å²) in [5, 5.41) is 67.3. The van der Waals surface area contributed by atoms with Gasteiger partial charge in [-0.25, -0.2) is 35.9 Å². The van der Waals surface area contributed by atoms with E-state index in [2.05, 4.69) is 9.44 Å². The maximum absolute atomic E-state index is 14.5. The lowest BCUT2D eigenvalue weighted by Crippen LogP contribution is -2.61. The van der Waals surface area contributed by atoms with Crippen molar-refractivity contribution in [3.63, 3.8) is 0 Å². The van der Waals surface area contributed by atoms with Crippen LogP contribution in [0.5, 0.6) is 0 Å². The molecule has 4 saturated heterocycles. The quantitative estimate of drug-likeness (QED) is 0.0404. The number of sulfonamides is 2. The van der Waals surface area contributed by atoms with Crippen molar-refractivity contribution in [3.8, 4) is 0 Å². The van der Waals surface area contributed by atoms with Gasteiger partial charge in [-0.15, -0.1) is 0 Å². The molecular formula is C108H172N4O26S2. The maximum atomic E-state index is 14.5. The van der Waals surface area contributed by atoms with Crippen LogP contribution in [0.4, 0.5) is 0 Å². The highest BCUT2D eigenvalue weighted by molar-refractivity contribution is 7.90. The summed E-state index contributed by atoms with van der Waals surface area (Å²) in [5.74, 6) is -13.6. The number of aliphatic hydroxyl groups is 6. The molecule has 4 saturated carbocycles. The average Bonchev–Trinajstić information content (AvgIpc) is 0.771. The van der Waals surface area contributed by atoms with Crippen LogP contribution in [-0.4, -0.2) is 265 Å². The predicted molar refractivity (Wildman–Crippen MR) is 535 cm³/mol. The third-order valence-corrected chi connectivity index (χ3v) is 36.1. The number of nitrogens with one attached hydrogen (secondary N) is 2. The molecule has 10 rings (SSSR count). The van der Waals surface area contributed by atoms with Crippen molar-refractivity contribution in [1.82, 2.24) is 19.2 Å². The fourth-order valence-corrected chi connectivity index (χ4v) is 26.0. The van der Waals surface area contributed by atoms with Gasteiger partial charge >= 0.3 is 11.9 Å². The van der Waals surface area contributed by atoms with Crippen molar-refractivity contribution < 1.29 is 124 Å². The largest absolute Gasteiger partial charge is 0.461 e. The monoisotopic (exact) mass is 2010 g/mol. The zero-order valence-corrected chi connectivity index (χ0v) is 88.5. The first-order valence-corrected chi connectivity index (χ1v) is 55.5. The van der Waals surface area contributed by atoms with Gasteiger partial charge in [0.1, 0.15) is 48.7 Å². The highest BCUT2D eigenvalue weighted by Gasteiger charge is 2.56. The van der Waals surface area contributed by atoms with E-state index < -0.39 is 186 Å². The topological polar surface area (TPSA) is 431 Å². The second-order valence-corrected chi connectivity index (χ2v) is 47.4. The summed E-state index contributed by atoms with van der Waals surface area (Å²) in [6.45, 7) is 26.4. The molecule has 8 N–H and O–H groups in total. The van der Waals surface area contributed by atoms with Crippen molar-refractivity contribution in [2.24, 2.45) is 71.0 Å². The minimum atomic E-state index is -3.72. The van der Waals surface area contributed by atoms with Gasteiger partial charge in [0.15, 0.2) is 11.6 Å². The average molecular weight is 2010 g/mol. The Balaban J connectivity index is 0.000000313. The molecule has 792 valence electrons. The van der Waals surface area contributed by atoms with E-state index in [1.807, 2.05) is 118 Å². The molecule has 6 heterocycles. The first-order valence-electron chi connectivity index (χ1n) is 52.4. The number of methoxy groups -OCH3 is 4. The van der Waals surface area contributed by atoms with E-state index in [0.717, 1.165) is 25.7 Å². The number of ether oxygens (including phenoxy) is 8. The molecule has 140 heavy (non-hydrogen) atoms. The minimum absolute atomic E-state index is 0.00598. The van der Waals surface area contributed by atoms with Gasteiger partial charge in [0, 0.05) is 77.3 Å². The van der Waals surface area contributed by atoms with E-state index in [1.165, 1.54) is 24.0 Å². The van der Waals surface area contributed by atoms with Crippen molar-refractivity contribution in [3.05, 3.63) is 95.2 Å². The number of hydrogen-bond acceptors (Lipinski definition) is 26. The van der Waals surface area contributed by atoms with Crippen LogP contribution in [0.15, 0.2) is 95.2 Å². The Hall–Kier alpha value is -6.18. The number of amides is 2. The second-order valence-electron chi connectivity index (χ2n) is 43.5. The Morgan fingerprint density at radius 3 is 1.11 bits per heavy atom. The number of fused-ring (bicyclic) bond motifs is 6. The highest BCUT2D eigenvalue weighted by Crippen LogP contribution is 2.43. The molecule has 6 aliphatic heterocycles. The molecule has 0 aromatic rings. The van der Waals surface area contributed by atoms with Crippen LogP contribution in [0.1, 0.15) is 302 Å². The Kier molecular flexibility index (Phi) is 45.7. The van der Waals surface area contributed by atoms with E-state index in [1.54, 1.807) is 66.2 Å². The number of piperidine rings is 2. The summed E-state index contributed by atoms with van der Waals surface area (Å²) in [7, 11) is -1.40. The van der Waals surface area contributed by atoms with Crippen LogP contribution < -0.4 is 9.44 Å². The predicted octanol–water partition coefficient (Wildman–Crippen LogP) is 13.7. The lowest BCUT2D eigenvalue weighted by molar-refractivity contribution is -0.264. The van der Waals surface area contributed by atoms with Crippen molar-refractivity contribution >= 4 is 66.9 Å². The molecule has 4 bridgehead atoms. The van der Waals surface area contributed by atoms with Crippen LogP contribution in [0, 0.1) is 71.0 Å². The Morgan fingerprint density at radius 2 is 0.779 bits per heavy atom. The number of aliphatic hydroxyl groups excluding tert-OH is 4. The lowest BCUT2D eigenvalue weighted by atomic mass is 9.78. The zero-order valence-electron chi connectivity index (χ0n) is 86.8. The summed E-state index contributed by atoms with van der Waals surface area (Å²) >= 11 is 0. The SMILES string of the molecule is CO[C@@H]1C[C@H](C[C@@H](C)[C@@H]2CC[C@H](C)/C=C(\C)[C@@H](O)[C@@H](OC)C(=O)[C@H](C)C[C@H](C)/C=C/C=C/C=C(\C)[C@@H](NS(=O)(=O)C3CCC3)C[C@@H]3CC[C@@H](C)[C@@](O)(O3)C(=O)C(=O)N3CCCC[C@H]3C(=O)O2)CC[C@H]1O.CO[C@@H]1C[C@H](C[C@@H](C)[C@@H]2CC[C@H](C)/C=C(\C)[C@@H](O)[C@@H](OC)C(=O)[C@H](C)C[C@H](C)/C=C/C=C/C=C(\C)[C@H](NS(=O)(=O)C3CCC3)C[C@@H]3CC[C@@H](C)[C@@](O)(O3)C(=O)C(=O)N3CCCC[C@H]3C(=O)O2)CC[C@H]1O. The normalized spacial score (nSPS) is 39.8. The van der Waals surface area contributed by atoms with Crippen LogP contribution in [-0.2, 0) is 96.3 Å². The Labute approximate surface area is 834 Å². The molecule has 2 amide bonds. The molecule has 0 aromatic carbocycles.